The first-order chi connectivity index (χ1) is 10.6. The SMILES string of the molecule is CCCC[C@H](NC(=O)OC(C)(C)C)C(=O)O[C@H]1CC(=O)NC1=O. The van der Waals surface area contributed by atoms with Crippen molar-refractivity contribution in [3.05, 3.63) is 0 Å². The standard InChI is InChI=1S/C15H24N2O6/c1-5-6-7-9(16-14(21)23-15(2,3)4)13(20)22-10-8-11(18)17-12(10)19/h9-10H,5-8H2,1-4H3,(H,16,21)(H,17,18,19)/t9-,10-/m0/s1. The van der Waals surface area contributed by atoms with Crippen molar-refractivity contribution in [3.63, 3.8) is 0 Å². The molecule has 0 saturated carbocycles. The smallest absolute Gasteiger partial charge is 0.408 e. The van der Waals surface area contributed by atoms with Crippen LogP contribution in [0.1, 0.15) is 53.4 Å². The van der Waals surface area contributed by atoms with E-state index < -0.39 is 41.6 Å². The number of alkyl carbamates (subject to hydrolysis) is 1. The molecular formula is C15H24N2O6. The third kappa shape index (κ3) is 6.66. The zero-order chi connectivity index (χ0) is 17.6. The molecule has 0 aromatic carbocycles. The minimum Gasteiger partial charge on any atom is -0.450 e. The summed E-state index contributed by atoms with van der Waals surface area (Å²) in [6.07, 6.45) is -0.205. The summed E-state index contributed by atoms with van der Waals surface area (Å²) >= 11 is 0. The zero-order valence-corrected chi connectivity index (χ0v) is 13.9. The van der Waals surface area contributed by atoms with Crippen LogP contribution in [0.4, 0.5) is 4.79 Å². The van der Waals surface area contributed by atoms with Gasteiger partial charge in [0.15, 0.2) is 6.10 Å². The van der Waals surface area contributed by atoms with Crippen molar-refractivity contribution in [2.75, 3.05) is 0 Å². The first-order valence-corrected chi connectivity index (χ1v) is 7.66. The molecule has 1 heterocycles. The van der Waals surface area contributed by atoms with Crippen LogP contribution in [0.3, 0.4) is 0 Å². The van der Waals surface area contributed by atoms with Gasteiger partial charge in [-0.05, 0) is 27.2 Å². The number of nitrogens with one attached hydrogen (secondary N) is 2. The molecule has 2 atom stereocenters. The largest absolute Gasteiger partial charge is 0.450 e. The molecule has 1 aliphatic rings. The number of unbranched alkanes of at least 4 members (excludes halogenated alkanes) is 1. The molecule has 8 nitrogen and oxygen atoms in total. The van der Waals surface area contributed by atoms with Gasteiger partial charge in [0, 0.05) is 0 Å². The highest BCUT2D eigenvalue weighted by atomic mass is 16.6. The fraction of sp³-hybridized carbons (Fsp3) is 0.733. The lowest BCUT2D eigenvalue weighted by atomic mass is 10.1. The van der Waals surface area contributed by atoms with E-state index >= 15 is 0 Å². The fourth-order valence-electron chi connectivity index (χ4n) is 1.95. The van der Waals surface area contributed by atoms with Gasteiger partial charge in [0.25, 0.3) is 5.91 Å². The minimum absolute atomic E-state index is 0.197. The number of esters is 1. The van der Waals surface area contributed by atoms with Gasteiger partial charge in [0.05, 0.1) is 6.42 Å². The van der Waals surface area contributed by atoms with Crippen LogP contribution < -0.4 is 10.6 Å². The van der Waals surface area contributed by atoms with Crippen LogP contribution in [0, 0.1) is 0 Å². The maximum atomic E-state index is 12.2. The Balaban J connectivity index is 2.65. The summed E-state index contributed by atoms with van der Waals surface area (Å²) in [6, 6.07) is -0.923. The predicted octanol–water partition coefficient (Wildman–Crippen LogP) is 1.03. The lowest BCUT2D eigenvalue weighted by Crippen LogP contribution is -2.45. The van der Waals surface area contributed by atoms with Gasteiger partial charge in [-0.1, -0.05) is 19.8 Å². The van der Waals surface area contributed by atoms with E-state index in [2.05, 4.69) is 10.6 Å². The molecule has 8 heteroatoms. The minimum atomic E-state index is -1.14. The maximum absolute atomic E-state index is 12.2. The molecule has 0 bridgehead atoms. The second kappa shape index (κ2) is 7.94. The fourth-order valence-corrected chi connectivity index (χ4v) is 1.95. The molecule has 1 aliphatic heterocycles. The molecule has 130 valence electrons. The van der Waals surface area contributed by atoms with Crippen molar-refractivity contribution in [1.29, 1.82) is 0 Å². The summed E-state index contributed by atoms with van der Waals surface area (Å²) < 4.78 is 10.2. The van der Waals surface area contributed by atoms with Crippen molar-refractivity contribution in [3.8, 4) is 0 Å². The number of imide groups is 1. The van der Waals surface area contributed by atoms with Crippen LogP contribution in [0.15, 0.2) is 0 Å². The Hall–Kier alpha value is -2.12. The molecule has 0 unspecified atom stereocenters. The second-order valence-electron chi connectivity index (χ2n) is 6.38. The number of amides is 3. The predicted molar refractivity (Wildman–Crippen MR) is 80.3 cm³/mol. The average Bonchev–Trinajstić information content (AvgIpc) is 2.70. The number of carbonyl (C=O) groups excluding carboxylic acids is 4. The molecular weight excluding hydrogens is 304 g/mol. The molecule has 0 spiro atoms. The Morgan fingerprint density at radius 3 is 2.48 bits per heavy atom. The van der Waals surface area contributed by atoms with Crippen LogP contribution >= 0.6 is 0 Å². The molecule has 1 saturated heterocycles. The molecule has 0 radical (unpaired) electrons. The Morgan fingerprint density at radius 2 is 2.00 bits per heavy atom. The van der Waals surface area contributed by atoms with E-state index in [1.165, 1.54) is 0 Å². The maximum Gasteiger partial charge on any atom is 0.408 e. The van der Waals surface area contributed by atoms with E-state index in [9.17, 15) is 19.2 Å². The van der Waals surface area contributed by atoms with Gasteiger partial charge in [-0.2, -0.15) is 0 Å². The Morgan fingerprint density at radius 1 is 1.35 bits per heavy atom. The Bertz CT molecular complexity index is 483. The topological polar surface area (TPSA) is 111 Å². The van der Waals surface area contributed by atoms with Gasteiger partial charge >= 0.3 is 12.1 Å². The van der Waals surface area contributed by atoms with Crippen molar-refractivity contribution >= 4 is 23.9 Å². The van der Waals surface area contributed by atoms with Gasteiger partial charge in [0.2, 0.25) is 5.91 Å². The highest BCUT2D eigenvalue weighted by Gasteiger charge is 2.36. The first-order valence-electron chi connectivity index (χ1n) is 7.66. The number of hydrogen-bond acceptors (Lipinski definition) is 6. The monoisotopic (exact) mass is 328 g/mol. The second-order valence-corrected chi connectivity index (χ2v) is 6.38. The summed E-state index contributed by atoms with van der Waals surface area (Å²) in [4.78, 5) is 46.5. The molecule has 1 rings (SSSR count). The van der Waals surface area contributed by atoms with Crippen LogP contribution in [-0.4, -0.2) is 41.6 Å². The van der Waals surface area contributed by atoms with Crippen molar-refractivity contribution < 1.29 is 28.7 Å². The van der Waals surface area contributed by atoms with Gasteiger partial charge in [0.1, 0.15) is 11.6 Å². The average molecular weight is 328 g/mol. The zero-order valence-electron chi connectivity index (χ0n) is 13.9. The van der Waals surface area contributed by atoms with Crippen LogP contribution in [0.2, 0.25) is 0 Å². The number of rotatable bonds is 6. The third-order valence-corrected chi connectivity index (χ3v) is 3.01. The van der Waals surface area contributed by atoms with E-state index in [1.54, 1.807) is 20.8 Å². The Kier molecular flexibility index (Phi) is 6.53. The van der Waals surface area contributed by atoms with Crippen molar-refractivity contribution in [1.82, 2.24) is 10.6 Å². The molecule has 0 aliphatic carbocycles. The molecule has 0 aromatic rings. The molecule has 1 fully saturated rings. The van der Waals surface area contributed by atoms with Crippen LogP contribution in [0.5, 0.6) is 0 Å². The normalized spacial score (nSPS) is 19.0. The van der Waals surface area contributed by atoms with E-state index in [-0.39, 0.29) is 6.42 Å². The van der Waals surface area contributed by atoms with Gasteiger partial charge in [-0.3, -0.25) is 14.9 Å². The van der Waals surface area contributed by atoms with Gasteiger partial charge in [-0.25, -0.2) is 9.59 Å². The number of carbonyl (C=O) groups is 4. The summed E-state index contributed by atoms with van der Waals surface area (Å²) in [7, 11) is 0. The summed E-state index contributed by atoms with van der Waals surface area (Å²) in [5.41, 5.74) is -0.693. The number of hydrogen-bond donors (Lipinski definition) is 2. The molecule has 2 N–H and O–H groups in total. The number of ether oxygens (including phenoxy) is 2. The highest BCUT2D eigenvalue weighted by Crippen LogP contribution is 2.12. The van der Waals surface area contributed by atoms with Crippen LogP contribution in [-0.2, 0) is 23.9 Å². The quantitative estimate of drug-likeness (QED) is 0.556. The van der Waals surface area contributed by atoms with Crippen molar-refractivity contribution in [2.24, 2.45) is 0 Å². The van der Waals surface area contributed by atoms with Gasteiger partial charge in [-0.15, -0.1) is 0 Å². The first kappa shape index (κ1) is 18.9. The van der Waals surface area contributed by atoms with E-state index in [1.807, 2.05) is 6.92 Å². The lowest BCUT2D eigenvalue weighted by Gasteiger charge is -2.23. The Labute approximate surface area is 135 Å². The molecule has 23 heavy (non-hydrogen) atoms. The van der Waals surface area contributed by atoms with E-state index in [0.717, 1.165) is 6.42 Å². The summed E-state index contributed by atoms with van der Waals surface area (Å²) in [5.74, 6) is -1.88. The summed E-state index contributed by atoms with van der Waals surface area (Å²) in [6.45, 7) is 7.07. The van der Waals surface area contributed by atoms with E-state index in [0.29, 0.717) is 12.8 Å². The molecule has 0 aromatic heterocycles. The third-order valence-electron chi connectivity index (χ3n) is 3.01. The lowest BCUT2D eigenvalue weighted by molar-refractivity contribution is -0.156. The van der Waals surface area contributed by atoms with Crippen molar-refractivity contribution in [2.45, 2.75) is 71.1 Å². The summed E-state index contributed by atoms with van der Waals surface area (Å²) in [5, 5.41) is 4.51. The van der Waals surface area contributed by atoms with E-state index in [4.69, 9.17) is 9.47 Å². The van der Waals surface area contributed by atoms with Gasteiger partial charge < -0.3 is 14.8 Å². The molecule has 3 amide bonds. The van der Waals surface area contributed by atoms with Crippen LogP contribution in [0.25, 0.3) is 0 Å². The highest BCUT2D eigenvalue weighted by molar-refractivity contribution is 6.05.